The Morgan fingerprint density at radius 1 is 1.00 bits per heavy atom. The van der Waals surface area contributed by atoms with Crippen molar-refractivity contribution >= 4 is 17.3 Å². The van der Waals surface area contributed by atoms with Crippen molar-refractivity contribution in [3.8, 4) is 0 Å². The largest absolute Gasteiger partial charge is 0.300 e. The van der Waals surface area contributed by atoms with Gasteiger partial charge in [0.05, 0.1) is 0 Å². The molecule has 0 saturated heterocycles. The predicted molar refractivity (Wildman–Crippen MR) is 51.6 cm³/mol. The SMILES string of the molecule is CCC(=O)C(C)=O.CCCC(C)=O. The lowest BCUT2D eigenvalue weighted by atomic mass is 10.2. The van der Waals surface area contributed by atoms with Crippen molar-refractivity contribution in [2.75, 3.05) is 0 Å². The van der Waals surface area contributed by atoms with Crippen molar-refractivity contribution in [1.29, 1.82) is 0 Å². The summed E-state index contributed by atoms with van der Waals surface area (Å²) in [7, 11) is 0. The van der Waals surface area contributed by atoms with Crippen molar-refractivity contribution < 1.29 is 14.4 Å². The Hall–Kier alpha value is -0.990. The van der Waals surface area contributed by atoms with E-state index in [9.17, 15) is 14.4 Å². The third-order valence-electron chi connectivity index (χ3n) is 1.32. The van der Waals surface area contributed by atoms with Crippen LogP contribution in [0.5, 0.6) is 0 Å². The fraction of sp³-hybridized carbons (Fsp3) is 0.700. The van der Waals surface area contributed by atoms with Crippen LogP contribution < -0.4 is 0 Å². The smallest absolute Gasteiger partial charge is 0.197 e. The Morgan fingerprint density at radius 3 is 1.46 bits per heavy atom. The van der Waals surface area contributed by atoms with Crippen LogP contribution in [0.15, 0.2) is 0 Å². The fourth-order valence-electron chi connectivity index (χ4n) is 0.601. The van der Waals surface area contributed by atoms with Crippen molar-refractivity contribution in [3.05, 3.63) is 0 Å². The number of hydrogen-bond acceptors (Lipinski definition) is 3. The highest BCUT2D eigenvalue weighted by Gasteiger charge is 2.00. The van der Waals surface area contributed by atoms with Crippen molar-refractivity contribution in [1.82, 2.24) is 0 Å². The van der Waals surface area contributed by atoms with Crippen molar-refractivity contribution in [2.24, 2.45) is 0 Å². The predicted octanol–water partition coefficient (Wildman–Crippen LogP) is 1.93. The number of rotatable bonds is 4. The van der Waals surface area contributed by atoms with Crippen LogP contribution in [0.1, 0.15) is 47.0 Å². The molecule has 0 fully saturated rings. The van der Waals surface area contributed by atoms with Crippen molar-refractivity contribution in [3.63, 3.8) is 0 Å². The molecule has 0 saturated carbocycles. The summed E-state index contributed by atoms with van der Waals surface area (Å²) in [5.41, 5.74) is 0. The number of carbonyl (C=O) groups is 3. The molecule has 3 nitrogen and oxygen atoms in total. The van der Waals surface area contributed by atoms with Gasteiger partial charge in [-0.15, -0.1) is 0 Å². The van der Waals surface area contributed by atoms with E-state index in [1.165, 1.54) is 6.92 Å². The first-order valence-electron chi connectivity index (χ1n) is 4.48. The zero-order chi connectivity index (χ0) is 10.9. The van der Waals surface area contributed by atoms with Gasteiger partial charge < -0.3 is 4.79 Å². The van der Waals surface area contributed by atoms with Crippen LogP contribution in [0.25, 0.3) is 0 Å². The van der Waals surface area contributed by atoms with Gasteiger partial charge in [0, 0.05) is 19.8 Å². The van der Waals surface area contributed by atoms with Crippen LogP contribution in [-0.4, -0.2) is 17.3 Å². The first kappa shape index (κ1) is 14.5. The maximum atomic E-state index is 10.2. The molecule has 0 aromatic heterocycles. The standard InChI is InChI=1S/C5H8O2.C5H10O/c1-3-5(7)4(2)6;1-3-4-5(2)6/h3H2,1-2H3;3-4H2,1-2H3. The van der Waals surface area contributed by atoms with E-state index >= 15 is 0 Å². The van der Waals surface area contributed by atoms with Gasteiger partial charge in [0.2, 0.25) is 0 Å². The zero-order valence-corrected chi connectivity index (χ0v) is 8.85. The molecule has 3 heteroatoms. The Morgan fingerprint density at radius 2 is 1.46 bits per heavy atom. The third kappa shape index (κ3) is 13.9. The van der Waals surface area contributed by atoms with Gasteiger partial charge >= 0.3 is 0 Å². The van der Waals surface area contributed by atoms with Gasteiger partial charge in [-0.3, -0.25) is 9.59 Å². The Balaban J connectivity index is 0. The third-order valence-corrected chi connectivity index (χ3v) is 1.32. The Labute approximate surface area is 79.5 Å². The van der Waals surface area contributed by atoms with Crippen LogP contribution in [0.3, 0.4) is 0 Å². The van der Waals surface area contributed by atoms with Crippen LogP contribution in [-0.2, 0) is 14.4 Å². The molecule has 13 heavy (non-hydrogen) atoms. The topological polar surface area (TPSA) is 51.2 Å². The van der Waals surface area contributed by atoms with Gasteiger partial charge in [0.15, 0.2) is 11.6 Å². The number of hydrogen-bond donors (Lipinski definition) is 0. The van der Waals surface area contributed by atoms with E-state index in [1.807, 2.05) is 6.92 Å². The average Bonchev–Trinajstić information content (AvgIpc) is 2.03. The summed E-state index contributed by atoms with van der Waals surface area (Å²) in [6.07, 6.45) is 2.05. The van der Waals surface area contributed by atoms with E-state index in [2.05, 4.69) is 0 Å². The maximum Gasteiger partial charge on any atom is 0.197 e. The quantitative estimate of drug-likeness (QED) is 0.630. The second-order valence-corrected chi connectivity index (χ2v) is 2.78. The van der Waals surface area contributed by atoms with Gasteiger partial charge in [0.25, 0.3) is 0 Å². The molecule has 0 bridgehead atoms. The molecule has 0 aliphatic heterocycles. The summed E-state index contributed by atoms with van der Waals surface area (Å²) in [5.74, 6) is -0.347. The molecule has 0 amide bonds. The lowest BCUT2D eigenvalue weighted by molar-refractivity contribution is -0.135. The molecule has 0 spiro atoms. The number of carbonyl (C=O) groups excluding carboxylic acids is 3. The number of ketones is 3. The monoisotopic (exact) mass is 186 g/mol. The van der Waals surface area contributed by atoms with E-state index in [-0.39, 0.29) is 17.3 Å². The molecule has 0 aromatic rings. The molecular weight excluding hydrogens is 168 g/mol. The van der Waals surface area contributed by atoms with Crippen molar-refractivity contribution in [2.45, 2.75) is 47.0 Å². The molecule has 0 aliphatic rings. The molecule has 0 atom stereocenters. The van der Waals surface area contributed by atoms with Gasteiger partial charge in [-0.2, -0.15) is 0 Å². The molecule has 0 radical (unpaired) electrons. The summed E-state index contributed by atoms with van der Waals surface area (Å²) in [6, 6.07) is 0. The molecule has 0 aromatic carbocycles. The summed E-state index contributed by atoms with van der Waals surface area (Å²) in [5, 5.41) is 0. The summed E-state index contributed by atoms with van der Waals surface area (Å²) >= 11 is 0. The normalized spacial score (nSPS) is 8.31. The van der Waals surface area contributed by atoms with Crippen LogP contribution in [0.2, 0.25) is 0 Å². The van der Waals surface area contributed by atoms with E-state index in [0.717, 1.165) is 12.8 Å². The van der Waals surface area contributed by atoms with Crippen LogP contribution in [0, 0.1) is 0 Å². The summed E-state index contributed by atoms with van der Waals surface area (Å²) in [6.45, 7) is 6.57. The molecule has 0 aliphatic carbocycles. The lowest BCUT2D eigenvalue weighted by Crippen LogP contribution is -2.06. The highest BCUT2D eigenvalue weighted by atomic mass is 16.2. The van der Waals surface area contributed by atoms with Gasteiger partial charge in [-0.1, -0.05) is 13.8 Å². The van der Waals surface area contributed by atoms with E-state index in [4.69, 9.17) is 0 Å². The molecule has 0 heterocycles. The molecule has 0 unspecified atom stereocenters. The molecular formula is C10H18O3. The Kier molecular flexibility index (Phi) is 10.2. The Bertz CT molecular complexity index is 183. The van der Waals surface area contributed by atoms with Crippen LogP contribution in [0.4, 0.5) is 0 Å². The van der Waals surface area contributed by atoms with Gasteiger partial charge in [-0.25, -0.2) is 0 Å². The highest BCUT2D eigenvalue weighted by Crippen LogP contribution is 1.84. The molecule has 0 N–H and O–H groups in total. The first-order chi connectivity index (χ1) is 5.95. The summed E-state index contributed by atoms with van der Waals surface area (Å²) < 4.78 is 0. The van der Waals surface area contributed by atoms with Gasteiger partial charge in [-0.05, 0) is 13.3 Å². The first-order valence-corrected chi connectivity index (χ1v) is 4.48. The minimum absolute atomic E-state index is 0.289. The lowest BCUT2D eigenvalue weighted by Gasteiger charge is -1.81. The second-order valence-electron chi connectivity index (χ2n) is 2.78. The average molecular weight is 186 g/mol. The summed E-state index contributed by atoms with van der Waals surface area (Å²) in [4.78, 5) is 30.2. The maximum absolute atomic E-state index is 10.2. The minimum Gasteiger partial charge on any atom is -0.300 e. The van der Waals surface area contributed by atoms with Crippen LogP contribution >= 0.6 is 0 Å². The van der Waals surface area contributed by atoms with E-state index in [0.29, 0.717) is 6.42 Å². The number of Topliss-reactive ketones (excluding diaryl/α,β-unsaturated/α-hetero) is 3. The fourth-order valence-corrected chi connectivity index (χ4v) is 0.601. The van der Waals surface area contributed by atoms with Gasteiger partial charge in [0.1, 0.15) is 5.78 Å². The van der Waals surface area contributed by atoms with E-state index < -0.39 is 0 Å². The van der Waals surface area contributed by atoms with E-state index in [1.54, 1.807) is 13.8 Å². The molecule has 0 rings (SSSR count). The molecule has 76 valence electrons. The minimum atomic E-state index is -0.345. The second kappa shape index (κ2) is 9.10. The zero-order valence-electron chi connectivity index (χ0n) is 8.85. The highest BCUT2D eigenvalue weighted by molar-refractivity contribution is 6.36.